The van der Waals surface area contributed by atoms with E-state index in [0.717, 1.165) is 0 Å². The molecule has 0 radical (unpaired) electrons. The molecule has 1 aliphatic rings. The number of nitrogens with zero attached hydrogens (tertiary/aromatic N) is 2. The second-order valence-electron chi connectivity index (χ2n) is 8.51. The zero-order valence-corrected chi connectivity index (χ0v) is 13.9. The van der Waals surface area contributed by atoms with E-state index in [1.54, 1.807) is 0 Å². The minimum atomic E-state index is -0.0167. The maximum Gasteiger partial charge on any atom is 0.0524 e. The molecule has 2 nitrogen and oxygen atoms in total. The second-order valence-corrected chi connectivity index (χ2v) is 8.51. The lowest BCUT2D eigenvalue weighted by Gasteiger charge is -2.54. The van der Waals surface area contributed by atoms with Crippen LogP contribution in [0.25, 0.3) is 0 Å². The van der Waals surface area contributed by atoms with Crippen LogP contribution in [0, 0.1) is 10.8 Å². The highest BCUT2D eigenvalue weighted by molar-refractivity contribution is 6.34. The van der Waals surface area contributed by atoms with Gasteiger partial charge in [0, 0.05) is 22.3 Å². The highest BCUT2D eigenvalue weighted by Crippen LogP contribution is 2.49. The minimum absolute atomic E-state index is 0.00403. The Bertz CT molecular complexity index is 340. The summed E-state index contributed by atoms with van der Waals surface area (Å²) in [5, 5.41) is 0. The molecule has 0 atom stereocenters. The van der Waals surface area contributed by atoms with Gasteiger partial charge in [-0.15, -0.1) is 0 Å². The molecule has 1 aliphatic carbocycles. The van der Waals surface area contributed by atoms with Gasteiger partial charge in [-0.25, -0.2) is 0 Å². The van der Waals surface area contributed by atoms with Crippen molar-refractivity contribution in [2.24, 2.45) is 20.8 Å². The largest absolute Gasteiger partial charge is 0.286 e. The van der Waals surface area contributed by atoms with Gasteiger partial charge in [0.2, 0.25) is 0 Å². The van der Waals surface area contributed by atoms with Crippen molar-refractivity contribution in [3.63, 3.8) is 0 Å². The van der Waals surface area contributed by atoms with Gasteiger partial charge in [-0.1, -0.05) is 0 Å². The fourth-order valence-electron chi connectivity index (χ4n) is 2.95. The lowest BCUT2D eigenvalue weighted by molar-refractivity contribution is 0.444. The van der Waals surface area contributed by atoms with Crippen molar-refractivity contribution in [3.05, 3.63) is 0 Å². The normalized spacial score (nSPS) is 22.6. The Labute approximate surface area is 113 Å². The van der Waals surface area contributed by atoms with Crippen molar-refractivity contribution < 1.29 is 0 Å². The smallest absolute Gasteiger partial charge is 0.0524 e. The Morgan fingerprint density at radius 3 is 1.00 bits per heavy atom. The van der Waals surface area contributed by atoms with Crippen LogP contribution in [0.4, 0.5) is 0 Å². The summed E-state index contributed by atoms with van der Waals surface area (Å²) in [4.78, 5) is 9.87. The van der Waals surface area contributed by atoms with Gasteiger partial charge in [-0.05, 0) is 69.2 Å². The van der Waals surface area contributed by atoms with E-state index in [1.165, 1.54) is 11.4 Å². The Morgan fingerprint density at radius 2 is 0.833 bits per heavy atom. The fraction of sp³-hybridized carbons (Fsp3) is 0.875. The first-order valence-corrected chi connectivity index (χ1v) is 6.89. The lowest BCUT2D eigenvalue weighted by atomic mass is 9.52. The number of hydrogen-bond acceptors (Lipinski definition) is 2. The average Bonchev–Trinajstić information content (AvgIpc) is 2.07. The number of aliphatic imine (C=N–C) groups is 2. The Balaban J connectivity index is 3.27. The molecule has 0 aliphatic heterocycles. The molecule has 0 N–H and O–H groups in total. The monoisotopic (exact) mass is 250 g/mol. The van der Waals surface area contributed by atoms with Crippen molar-refractivity contribution in [1.82, 2.24) is 0 Å². The molecule has 0 saturated heterocycles. The summed E-state index contributed by atoms with van der Waals surface area (Å²) in [5.74, 6) is 0. The molecule has 0 unspecified atom stereocenters. The first-order valence-electron chi connectivity index (χ1n) is 6.89. The van der Waals surface area contributed by atoms with Crippen LogP contribution < -0.4 is 0 Å². The summed E-state index contributed by atoms with van der Waals surface area (Å²) in [5.41, 5.74) is 2.54. The van der Waals surface area contributed by atoms with Crippen molar-refractivity contribution in [3.8, 4) is 0 Å². The molecule has 0 heterocycles. The van der Waals surface area contributed by atoms with E-state index >= 15 is 0 Å². The topological polar surface area (TPSA) is 24.7 Å². The third-order valence-electron chi connectivity index (χ3n) is 3.26. The van der Waals surface area contributed by atoms with Gasteiger partial charge >= 0.3 is 0 Å². The van der Waals surface area contributed by atoms with E-state index in [4.69, 9.17) is 9.98 Å². The Hall–Kier alpha value is -0.660. The van der Waals surface area contributed by atoms with Crippen LogP contribution in [0.5, 0.6) is 0 Å². The first kappa shape index (κ1) is 15.4. The van der Waals surface area contributed by atoms with Crippen LogP contribution >= 0.6 is 0 Å². The molecule has 0 aromatic heterocycles. The van der Waals surface area contributed by atoms with E-state index in [-0.39, 0.29) is 21.9 Å². The van der Waals surface area contributed by atoms with Crippen LogP contribution in [-0.4, -0.2) is 22.5 Å². The van der Waals surface area contributed by atoms with Gasteiger partial charge in [-0.3, -0.25) is 9.98 Å². The number of hydrogen-bond donors (Lipinski definition) is 0. The van der Waals surface area contributed by atoms with Gasteiger partial charge in [0.25, 0.3) is 0 Å². The third kappa shape index (κ3) is 2.84. The molecular formula is C16H30N2. The molecule has 1 fully saturated rings. The van der Waals surface area contributed by atoms with Crippen LogP contribution in [-0.2, 0) is 0 Å². The SMILES string of the molecule is CC(C)(C)N=C1C(C)(C)C(=NC(C)(C)C)C1(C)C. The van der Waals surface area contributed by atoms with Crippen molar-refractivity contribution in [2.75, 3.05) is 0 Å². The molecule has 0 aromatic rings. The fourth-order valence-corrected chi connectivity index (χ4v) is 2.95. The maximum atomic E-state index is 4.94. The molecule has 1 rings (SSSR count). The first-order chi connectivity index (χ1) is 7.68. The zero-order chi connectivity index (χ0) is 14.6. The Morgan fingerprint density at radius 1 is 0.611 bits per heavy atom. The molecule has 0 spiro atoms. The van der Waals surface area contributed by atoms with Crippen molar-refractivity contribution in [2.45, 2.75) is 80.3 Å². The highest BCUT2D eigenvalue weighted by Gasteiger charge is 2.57. The summed E-state index contributed by atoms with van der Waals surface area (Å²) in [6.07, 6.45) is 0. The van der Waals surface area contributed by atoms with E-state index < -0.39 is 0 Å². The van der Waals surface area contributed by atoms with Crippen LogP contribution in [0.3, 0.4) is 0 Å². The van der Waals surface area contributed by atoms with Crippen molar-refractivity contribution >= 4 is 11.4 Å². The summed E-state index contributed by atoms with van der Waals surface area (Å²) in [6, 6.07) is 0. The summed E-state index contributed by atoms with van der Waals surface area (Å²) in [7, 11) is 0. The highest BCUT2D eigenvalue weighted by atomic mass is 15.0. The number of rotatable bonds is 0. The van der Waals surface area contributed by atoms with Gasteiger partial charge in [0.05, 0.1) is 11.1 Å². The molecule has 2 heteroatoms. The van der Waals surface area contributed by atoms with E-state index in [0.29, 0.717) is 0 Å². The van der Waals surface area contributed by atoms with E-state index in [1.807, 2.05) is 0 Å². The lowest BCUT2D eigenvalue weighted by Crippen LogP contribution is -2.62. The maximum absolute atomic E-state index is 4.94. The van der Waals surface area contributed by atoms with E-state index in [2.05, 4.69) is 69.2 Å². The van der Waals surface area contributed by atoms with Crippen LogP contribution in [0.1, 0.15) is 69.2 Å². The van der Waals surface area contributed by atoms with Crippen molar-refractivity contribution in [1.29, 1.82) is 0 Å². The van der Waals surface area contributed by atoms with E-state index in [9.17, 15) is 0 Å². The molecule has 1 saturated carbocycles. The van der Waals surface area contributed by atoms with Gasteiger partial charge in [0.15, 0.2) is 0 Å². The molecule has 18 heavy (non-hydrogen) atoms. The third-order valence-corrected chi connectivity index (χ3v) is 3.26. The van der Waals surface area contributed by atoms with Crippen LogP contribution in [0.2, 0.25) is 0 Å². The second kappa shape index (κ2) is 3.91. The molecule has 0 amide bonds. The summed E-state index contributed by atoms with van der Waals surface area (Å²) >= 11 is 0. The summed E-state index contributed by atoms with van der Waals surface area (Å²) in [6.45, 7) is 21.9. The minimum Gasteiger partial charge on any atom is -0.286 e. The zero-order valence-electron chi connectivity index (χ0n) is 13.9. The van der Waals surface area contributed by atoms with Gasteiger partial charge in [-0.2, -0.15) is 0 Å². The quantitative estimate of drug-likeness (QED) is 0.603. The Kier molecular flexibility index (Phi) is 3.35. The molecule has 0 aromatic carbocycles. The summed E-state index contributed by atoms with van der Waals surface area (Å²) < 4.78 is 0. The van der Waals surface area contributed by atoms with Crippen LogP contribution in [0.15, 0.2) is 9.98 Å². The molecular weight excluding hydrogens is 220 g/mol. The molecule has 104 valence electrons. The average molecular weight is 250 g/mol. The van der Waals surface area contributed by atoms with Gasteiger partial charge in [0.1, 0.15) is 0 Å². The predicted molar refractivity (Wildman–Crippen MR) is 81.9 cm³/mol. The standard InChI is InChI=1S/C16H30N2/c1-13(2,3)17-11-15(7,8)12(16(11,9)10)18-14(4,5)6/h1-10H3. The van der Waals surface area contributed by atoms with Gasteiger partial charge < -0.3 is 0 Å². The molecule has 0 bridgehead atoms. The predicted octanol–water partition coefficient (Wildman–Crippen LogP) is 4.53.